The Morgan fingerprint density at radius 3 is 2.32 bits per heavy atom. The number of hydrogen-bond acceptors (Lipinski definition) is 4. The highest BCUT2D eigenvalue weighted by molar-refractivity contribution is 5.94. The Labute approximate surface area is 115 Å². The second-order valence-corrected chi connectivity index (χ2v) is 6.26. The Balaban J connectivity index is 2.22. The highest BCUT2D eigenvalue weighted by Gasteiger charge is 2.22. The standard InChI is InChI=1S/C13H26N4O2/c1-13(2,3)15-8-10-4-6-17(7-5-10)9-11(18)16-12(14)19/h10,15H,4-9H2,1-3H3,(H3,14,16,18,19). The van der Waals surface area contributed by atoms with Gasteiger partial charge in [-0.2, -0.15) is 0 Å². The molecule has 4 N–H and O–H groups in total. The van der Waals surface area contributed by atoms with Crippen LogP contribution < -0.4 is 16.4 Å². The number of urea groups is 1. The lowest BCUT2D eigenvalue weighted by Gasteiger charge is -2.33. The van der Waals surface area contributed by atoms with E-state index in [1.807, 2.05) is 0 Å². The molecule has 0 bridgehead atoms. The highest BCUT2D eigenvalue weighted by atomic mass is 16.2. The molecule has 0 unspecified atom stereocenters. The van der Waals surface area contributed by atoms with Crippen LogP contribution in [0.3, 0.4) is 0 Å². The molecule has 1 saturated heterocycles. The molecule has 19 heavy (non-hydrogen) atoms. The van der Waals surface area contributed by atoms with Crippen molar-refractivity contribution in [3.8, 4) is 0 Å². The number of rotatable bonds is 4. The summed E-state index contributed by atoms with van der Waals surface area (Å²) in [5.74, 6) is 0.341. The molecule has 0 atom stereocenters. The van der Waals surface area contributed by atoms with Crippen LogP contribution in [0.25, 0.3) is 0 Å². The normalized spacial score (nSPS) is 18.3. The van der Waals surface area contributed by atoms with E-state index in [-0.39, 0.29) is 18.0 Å². The zero-order chi connectivity index (χ0) is 14.5. The number of hydrogen-bond donors (Lipinski definition) is 3. The summed E-state index contributed by atoms with van der Waals surface area (Å²) in [5, 5.41) is 5.61. The maximum Gasteiger partial charge on any atom is 0.318 e. The fraction of sp³-hybridized carbons (Fsp3) is 0.846. The van der Waals surface area contributed by atoms with E-state index in [4.69, 9.17) is 5.73 Å². The largest absolute Gasteiger partial charge is 0.351 e. The van der Waals surface area contributed by atoms with Gasteiger partial charge in [-0.3, -0.25) is 15.0 Å². The van der Waals surface area contributed by atoms with E-state index in [1.54, 1.807) is 0 Å². The average Bonchev–Trinajstić information content (AvgIpc) is 2.26. The molecular formula is C13H26N4O2. The van der Waals surface area contributed by atoms with E-state index < -0.39 is 6.03 Å². The zero-order valence-electron chi connectivity index (χ0n) is 12.2. The van der Waals surface area contributed by atoms with E-state index in [0.717, 1.165) is 32.5 Å². The van der Waals surface area contributed by atoms with Crippen molar-refractivity contribution in [2.24, 2.45) is 11.7 Å². The summed E-state index contributed by atoms with van der Waals surface area (Å²) in [7, 11) is 0. The van der Waals surface area contributed by atoms with Crippen molar-refractivity contribution in [2.45, 2.75) is 39.2 Å². The van der Waals surface area contributed by atoms with Crippen LogP contribution in [-0.4, -0.2) is 48.6 Å². The number of amides is 3. The first-order valence-corrected chi connectivity index (χ1v) is 6.83. The fourth-order valence-electron chi connectivity index (χ4n) is 2.18. The van der Waals surface area contributed by atoms with E-state index in [9.17, 15) is 9.59 Å². The Morgan fingerprint density at radius 1 is 1.26 bits per heavy atom. The van der Waals surface area contributed by atoms with Gasteiger partial charge in [0.05, 0.1) is 6.54 Å². The van der Waals surface area contributed by atoms with Crippen LogP contribution >= 0.6 is 0 Å². The molecular weight excluding hydrogens is 244 g/mol. The maximum absolute atomic E-state index is 11.4. The summed E-state index contributed by atoms with van der Waals surface area (Å²) in [4.78, 5) is 24.0. The van der Waals surface area contributed by atoms with E-state index in [1.165, 1.54) is 0 Å². The first-order valence-electron chi connectivity index (χ1n) is 6.83. The van der Waals surface area contributed by atoms with Gasteiger partial charge in [-0.25, -0.2) is 4.79 Å². The molecule has 1 rings (SSSR count). The molecule has 0 saturated carbocycles. The number of imide groups is 1. The van der Waals surface area contributed by atoms with Gasteiger partial charge in [0.15, 0.2) is 0 Å². The van der Waals surface area contributed by atoms with E-state index in [2.05, 4.69) is 36.3 Å². The van der Waals surface area contributed by atoms with Gasteiger partial charge in [-0.1, -0.05) is 0 Å². The molecule has 0 aromatic heterocycles. The lowest BCUT2D eigenvalue weighted by atomic mass is 9.95. The first kappa shape index (κ1) is 15.9. The van der Waals surface area contributed by atoms with Crippen LogP contribution in [0, 0.1) is 5.92 Å². The molecule has 0 aromatic carbocycles. The average molecular weight is 270 g/mol. The molecule has 6 nitrogen and oxygen atoms in total. The molecule has 110 valence electrons. The van der Waals surface area contributed by atoms with Crippen LogP contribution in [0.5, 0.6) is 0 Å². The maximum atomic E-state index is 11.4. The third-order valence-corrected chi connectivity index (χ3v) is 3.26. The molecule has 1 aliphatic heterocycles. The topological polar surface area (TPSA) is 87.5 Å². The van der Waals surface area contributed by atoms with E-state index >= 15 is 0 Å². The summed E-state index contributed by atoms with van der Waals surface area (Å²) in [6, 6.07) is -0.783. The molecule has 0 radical (unpaired) electrons. The molecule has 0 aliphatic carbocycles. The molecule has 3 amide bonds. The smallest absolute Gasteiger partial charge is 0.318 e. The molecule has 1 heterocycles. The third-order valence-electron chi connectivity index (χ3n) is 3.26. The number of primary amides is 1. The van der Waals surface area contributed by atoms with Crippen LogP contribution in [-0.2, 0) is 4.79 Å². The van der Waals surface area contributed by atoms with Gasteiger partial charge in [0.1, 0.15) is 0 Å². The summed E-state index contributed by atoms with van der Waals surface area (Å²) in [6.45, 7) is 9.54. The molecule has 0 spiro atoms. The number of nitrogens with two attached hydrogens (primary N) is 1. The van der Waals surface area contributed by atoms with Gasteiger partial charge < -0.3 is 11.1 Å². The lowest BCUT2D eigenvalue weighted by Crippen LogP contribution is -2.46. The summed E-state index contributed by atoms with van der Waals surface area (Å²) in [6.07, 6.45) is 2.15. The molecule has 1 fully saturated rings. The van der Waals surface area contributed by atoms with Crippen LogP contribution in [0.1, 0.15) is 33.6 Å². The Bertz CT molecular complexity index is 317. The van der Waals surface area contributed by atoms with Gasteiger partial charge in [-0.15, -0.1) is 0 Å². The minimum Gasteiger partial charge on any atom is -0.351 e. The third kappa shape index (κ3) is 7.12. The van der Waals surface area contributed by atoms with Crippen molar-refractivity contribution in [1.82, 2.24) is 15.5 Å². The number of carbonyl (C=O) groups excluding carboxylic acids is 2. The number of nitrogens with one attached hydrogen (secondary N) is 2. The predicted molar refractivity (Wildman–Crippen MR) is 74.6 cm³/mol. The van der Waals surface area contributed by atoms with Crippen molar-refractivity contribution in [2.75, 3.05) is 26.2 Å². The van der Waals surface area contributed by atoms with Crippen molar-refractivity contribution >= 4 is 11.9 Å². The molecule has 1 aliphatic rings. The first-order chi connectivity index (χ1) is 8.76. The summed E-state index contributed by atoms with van der Waals surface area (Å²) < 4.78 is 0. The quantitative estimate of drug-likeness (QED) is 0.685. The zero-order valence-corrected chi connectivity index (χ0v) is 12.2. The van der Waals surface area contributed by atoms with Crippen molar-refractivity contribution < 1.29 is 9.59 Å². The van der Waals surface area contributed by atoms with Gasteiger partial charge in [0, 0.05) is 5.54 Å². The number of carbonyl (C=O) groups is 2. The molecule has 6 heteroatoms. The predicted octanol–water partition coefficient (Wildman–Crippen LogP) is 0.281. The van der Waals surface area contributed by atoms with Crippen LogP contribution in [0.4, 0.5) is 4.79 Å². The fourth-order valence-corrected chi connectivity index (χ4v) is 2.18. The van der Waals surface area contributed by atoms with Gasteiger partial charge in [0.25, 0.3) is 0 Å². The summed E-state index contributed by atoms with van der Waals surface area (Å²) in [5.41, 5.74) is 5.05. The minimum atomic E-state index is -0.783. The summed E-state index contributed by atoms with van der Waals surface area (Å²) >= 11 is 0. The van der Waals surface area contributed by atoms with Gasteiger partial charge in [-0.05, 0) is 59.2 Å². The van der Waals surface area contributed by atoms with Crippen LogP contribution in [0.2, 0.25) is 0 Å². The SMILES string of the molecule is CC(C)(C)NCC1CCN(CC(=O)NC(N)=O)CC1. The van der Waals surface area contributed by atoms with Crippen LogP contribution in [0.15, 0.2) is 0 Å². The van der Waals surface area contributed by atoms with E-state index in [0.29, 0.717) is 5.92 Å². The van der Waals surface area contributed by atoms with Crippen molar-refractivity contribution in [1.29, 1.82) is 0 Å². The lowest BCUT2D eigenvalue weighted by molar-refractivity contribution is -0.121. The second-order valence-electron chi connectivity index (χ2n) is 6.26. The number of likely N-dealkylation sites (tertiary alicyclic amines) is 1. The Morgan fingerprint density at radius 2 is 1.84 bits per heavy atom. The monoisotopic (exact) mass is 270 g/mol. The van der Waals surface area contributed by atoms with Crippen molar-refractivity contribution in [3.63, 3.8) is 0 Å². The Kier molecular flexibility index (Phi) is 5.75. The Hall–Kier alpha value is -1.14. The highest BCUT2D eigenvalue weighted by Crippen LogP contribution is 2.17. The van der Waals surface area contributed by atoms with Gasteiger partial charge >= 0.3 is 6.03 Å². The molecule has 0 aromatic rings. The minimum absolute atomic E-state index is 0.151. The number of piperidine rings is 1. The van der Waals surface area contributed by atoms with Crippen molar-refractivity contribution in [3.05, 3.63) is 0 Å². The number of nitrogens with zero attached hydrogens (tertiary/aromatic N) is 1. The second kappa shape index (κ2) is 6.86. The van der Waals surface area contributed by atoms with Gasteiger partial charge in [0.2, 0.25) is 5.91 Å².